The number of rotatable bonds is 3. The molecule has 3 heterocycles. The van der Waals surface area contributed by atoms with E-state index < -0.39 is 10.0 Å². The molecule has 2 aromatic heterocycles. The molecule has 0 amide bonds. The second-order valence-corrected chi connectivity index (χ2v) is 7.40. The summed E-state index contributed by atoms with van der Waals surface area (Å²) < 4.78 is 24.9. The zero-order valence-electron chi connectivity index (χ0n) is 12.3. The van der Waals surface area contributed by atoms with Crippen LogP contribution in [0.3, 0.4) is 0 Å². The molecule has 0 aliphatic carbocycles. The minimum Gasteiger partial charge on any atom is -0.257 e. The van der Waals surface area contributed by atoms with Crippen LogP contribution in [0, 0.1) is 0 Å². The third-order valence-corrected chi connectivity index (χ3v) is 5.07. The van der Waals surface area contributed by atoms with Gasteiger partial charge in [-0.1, -0.05) is 0 Å². The number of aromatic nitrogens is 4. The zero-order valence-corrected chi connectivity index (χ0v) is 13.1. The van der Waals surface area contributed by atoms with E-state index in [1.165, 1.54) is 16.9 Å². The van der Waals surface area contributed by atoms with Crippen LogP contribution in [0.15, 0.2) is 31.1 Å². The van der Waals surface area contributed by atoms with Gasteiger partial charge in [0.2, 0.25) is 10.0 Å². The molecule has 1 saturated heterocycles. The Bertz CT molecular complexity index is 734. The van der Waals surface area contributed by atoms with Crippen LogP contribution in [0.2, 0.25) is 0 Å². The van der Waals surface area contributed by atoms with Gasteiger partial charge in [-0.2, -0.15) is 0 Å². The fourth-order valence-electron chi connectivity index (χ4n) is 2.61. The second kappa shape index (κ2) is 6.05. The Balaban J connectivity index is 1.78. The maximum atomic E-state index is 11.7. The van der Waals surface area contributed by atoms with Gasteiger partial charge in [-0.3, -0.25) is 9.97 Å². The molecule has 1 unspecified atom stereocenters. The summed E-state index contributed by atoms with van der Waals surface area (Å²) >= 11 is 0. The van der Waals surface area contributed by atoms with Gasteiger partial charge in [0, 0.05) is 43.2 Å². The summed E-state index contributed by atoms with van der Waals surface area (Å²) in [5.74, 6) is 0.0945. The van der Waals surface area contributed by atoms with Gasteiger partial charge in [-0.05, 0) is 12.8 Å². The SMILES string of the molecule is CS(=O)(=O)N1CCCC(c2cnc(-c3cncnc3)cn2)C1. The molecular weight excluding hydrogens is 302 g/mol. The molecule has 1 fully saturated rings. The fourth-order valence-corrected chi connectivity index (χ4v) is 3.53. The van der Waals surface area contributed by atoms with Gasteiger partial charge >= 0.3 is 0 Å². The van der Waals surface area contributed by atoms with Crippen LogP contribution in [0.25, 0.3) is 11.3 Å². The molecule has 0 radical (unpaired) electrons. The largest absolute Gasteiger partial charge is 0.257 e. The van der Waals surface area contributed by atoms with Crippen LogP contribution < -0.4 is 0 Å². The number of hydrogen-bond acceptors (Lipinski definition) is 6. The van der Waals surface area contributed by atoms with E-state index in [9.17, 15) is 8.42 Å². The molecule has 22 heavy (non-hydrogen) atoms. The Hall–Kier alpha value is -1.93. The summed E-state index contributed by atoms with van der Waals surface area (Å²) in [5, 5.41) is 0. The van der Waals surface area contributed by atoms with Gasteiger partial charge in [0.1, 0.15) is 6.33 Å². The third kappa shape index (κ3) is 3.28. The van der Waals surface area contributed by atoms with Crippen LogP contribution in [-0.2, 0) is 10.0 Å². The highest BCUT2D eigenvalue weighted by Gasteiger charge is 2.27. The van der Waals surface area contributed by atoms with Gasteiger partial charge in [-0.15, -0.1) is 0 Å². The summed E-state index contributed by atoms with van der Waals surface area (Å²) in [6.45, 7) is 1.06. The summed E-state index contributed by atoms with van der Waals surface area (Å²) in [4.78, 5) is 16.8. The molecule has 0 saturated carbocycles. The Morgan fingerprint density at radius 1 is 1.14 bits per heavy atom. The summed E-state index contributed by atoms with van der Waals surface area (Å²) in [6, 6.07) is 0. The van der Waals surface area contributed by atoms with Crippen molar-refractivity contribution in [2.45, 2.75) is 18.8 Å². The predicted molar refractivity (Wildman–Crippen MR) is 81.4 cm³/mol. The highest BCUT2D eigenvalue weighted by Crippen LogP contribution is 2.27. The van der Waals surface area contributed by atoms with Crippen LogP contribution in [0.4, 0.5) is 0 Å². The summed E-state index contributed by atoms with van der Waals surface area (Å²) in [6.07, 6.45) is 11.3. The topological polar surface area (TPSA) is 88.9 Å². The van der Waals surface area contributed by atoms with Crippen LogP contribution in [0.1, 0.15) is 24.5 Å². The van der Waals surface area contributed by atoms with Crippen molar-refractivity contribution in [3.63, 3.8) is 0 Å². The van der Waals surface area contributed by atoms with Crippen molar-refractivity contribution in [3.05, 3.63) is 36.8 Å². The van der Waals surface area contributed by atoms with Gasteiger partial charge in [0.05, 0.1) is 23.8 Å². The van der Waals surface area contributed by atoms with E-state index in [1.807, 2.05) is 0 Å². The van der Waals surface area contributed by atoms with Gasteiger partial charge in [-0.25, -0.2) is 22.7 Å². The van der Waals surface area contributed by atoms with E-state index in [2.05, 4.69) is 19.9 Å². The third-order valence-electron chi connectivity index (χ3n) is 3.80. The number of piperidine rings is 1. The number of nitrogens with zero attached hydrogens (tertiary/aromatic N) is 5. The summed E-state index contributed by atoms with van der Waals surface area (Å²) in [7, 11) is -3.15. The molecule has 3 rings (SSSR count). The molecule has 2 aromatic rings. The monoisotopic (exact) mass is 319 g/mol. The Labute approximate surface area is 129 Å². The van der Waals surface area contributed by atoms with Crippen LogP contribution in [0.5, 0.6) is 0 Å². The first-order valence-corrected chi connectivity index (χ1v) is 8.91. The van der Waals surface area contributed by atoms with Crippen molar-refractivity contribution >= 4 is 10.0 Å². The van der Waals surface area contributed by atoms with E-state index in [4.69, 9.17) is 0 Å². The quantitative estimate of drug-likeness (QED) is 0.841. The maximum absolute atomic E-state index is 11.7. The van der Waals surface area contributed by atoms with Gasteiger partial charge in [0.25, 0.3) is 0 Å². The lowest BCUT2D eigenvalue weighted by Crippen LogP contribution is -2.38. The Morgan fingerprint density at radius 2 is 1.91 bits per heavy atom. The smallest absolute Gasteiger partial charge is 0.211 e. The zero-order chi connectivity index (χ0) is 15.6. The van der Waals surface area contributed by atoms with Gasteiger partial charge < -0.3 is 0 Å². The van der Waals surface area contributed by atoms with E-state index in [-0.39, 0.29) is 5.92 Å². The molecule has 116 valence electrons. The molecule has 0 aromatic carbocycles. The predicted octanol–water partition coefficient (Wildman–Crippen LogP) is 1.07. The minimum absolute atomic E-state index is 0.0945. The van der Waals surface area contributed by atoms with Crippen LogP contribution >= 0.6 is 0 Å². The normalized spacial score (nSPS) is 20.0. The van der Waals surface area contributed by atoms with E-state index in [0.717, 1.165) is 24.1 Å². The molecule has 1 atom stereocenters. The number of hydrogen-bond donors (Lipinski definition) is 0. The van der Waals surface area contributed by atoms with Crippen molar-refractivity contribution in [3.8, 4) is 11.3 Å². The molecular formula is C14H17N5O2S. The fraction of sp³-hybridized carbons (Fsp3) is 0.429. The first kappa shape index (κ1) is 15.0. The second-order valence-electron chi connectivity index (χ2n) is 5.41. The van der Waals surface area contributed by atoms with Crippen molar-refractivity contribution < 1.29 is 8.42 Å². The molecule has 7 nitrogen and oxygen atoms in total. The molecule has 1 aliphatic rings. The highest BCUT2D eigenvalue weighted by molar-refractivity contribution is 7.88. The lowest BCUT2D eigenvalue weighted by Gasteiger charge is -2.30. The average Bonchev–Trinajstić information content (AvgIpc) is 2.55. The van der Waals surface area contributed by atoms with Crippen molar-refractivity contribution in [2.75, 3.05) is 19.3 Å². The Kier molecular flexibility index (Phi) is 4.12. The standard InChI is InChI=1S/C14H17N5O2S/c1-22(20,21)19-4-2-3-11(9-19)13-7-18-14(8-17-13)12-5-15-10-16-6-12/h5-8,10-11H,2-4,9H2,1H3. The minimum atomic E-state index is -3.15. The highest BCUT2D eigenvalue weighted by atomic mass is 32.2. The lowest BCUT2D eigenvalue weighted by atomic mass is 9.96. The molecule has 8 heteroatoms. The Morgan fingerprint density at radius 3 is 2.55 bits per heavy atom. The van der Waals surface area contributed by atoms with Crippen molar-refractivity contribution in [1.82, 2.24) is 24.2 Å². The maximum Gasteiger partial charge on any atom is 0.211 e. The van der Waals surface area contributed by atoms with E-state index in [1.54, 1.807) is 24.8 Å². The van der Waals surface area contributed by atoms with E-state index >= 15 is 0 Å². The van der Waals surface area contributed by atoms with Crippen LogP contribution in [-0.4, -0.2) is 52.0 Å². The summed E-state index contributed by atoms with van der Waals surface area (Å²) in [5.41, 5.74) is 2.34. The van der Waals surface area contributed by atoms with Crippen molar-refractivity contribution in [1.29, 1.82) is 0 Å². The lowest BCUT2D eigenvalue weighted by molar-refractivity contribution is 0.314. The molecule has 0 N–H and O–H groups in total. The molecule has 0 spiro atoms. The van der Waals surface area contributed by atoms with Gasteiger partial charge in [0.15, 0.2) is 0 Å². The first-order valence-electron chi connectivity index (χ1n) is 7.06. The first-order chi connectivity index (χ1) is 10.5. The molecule has 0 bridgehead atoms. The van der Waals surface area contributed by atoms with Crippen molar-refractivity contribution in [2.24, 2.45) is 0 Å². The average molecular weight is 319 g/mol. The van der Waals surface area contributed by atoms with E-state index in [0.29, 0.717) is 18.8 Å². The molecule has 1 aliphatic heterocycles. The number of sulfonamides is 1.